The molecule has 0 spiro atoms. The third-order valence-corrected chi connectivity index (χ3v) is 3.65. The third-order valence-electron chi connectivity index (χ3n) is 3.65. The van der Waals surface area contributed by atoms with Gasteiger partial charge < -0.3 is 9.73 Å². The Morgan fingerprint density at radius 2 is 2.00 bits per heavy atom. The zero-order valence-corrected chi connectivity index (χ0v) is 13.2. The lowest BCUT2D eigenvalue weighted by Gasteiger charge is -2.04. The van der Waals surface area contributed by atoms with E-state index in [9.17, 15) is 4.79 Å². The summed E-state index contributed by atoms with van der Waals surface area (Å²) in [7, 11) is 0. The molecular weight excluding hydrogens is 290 g/mol. The topological polar surface area (TPSA) is 60.1 Å². The summed E-state index contributed by atoms with van der Waals surface area (Å²) in [6.45, 7) is 4.76. The van der Waals surface area contributed by atoms with Crippen molar-refractivity contribution in [2.24, 2.45) is 0 Å². The van der Waals surface area contributed by atoms with Crippen molar-refractivity contribution in [3.05, 3.63) is 65.9 Å². The smallest absolute Gasteiger partial charge is 0.254 e. The molecule has 0 radical (unpaired) electrons. The molecule has 0 aliphatic carbocycles. The SMILES string of the molecule is Cc1cc(C(=O)NCCn2cc(-c3ccccc3)cn2)c(C)o1. The predicted octanol–water partition coefficient (Wildman–Crippen LogP) is 3.19. The molecule has 2 heterocycles. The van der Waals surface area contributed by atoms with Crippen LogP contribution in [0.2, 0.25) is 0 Å². The zero-order valence-electron chi connectivity index (χ0n) is 13.2. The first-order valence-corrected chi connectivity index (χ1v) is 7.56. The van der Waals surface area contributed by atoms with E-state index in [0.29, 0.717) is 24.4 Å². The van der Waals surface area contributed by atoms with Gasteiger partial charge in [-0.2, -0.15) is 5.10 Å². The lowest BCUT2D eigenvalue weighted by molar-refractivity contribution is 0.0950. The van der Waals surface area contributed by atoms with E-state index >= 15 is 0 Å². The number of aryl methyl sites for hydroxylation is 2. The summed E-state index contributed by atoms with van der Waals surface area (Å²) >= 11 is 0. The van der Waals surface area contributed by atoms with Crippen molar-refractivity contribution in [2.75, 3.05) is 6.54 Å². The molecule has 0 bridgehead atoms. The van der Waals surface area contributed by atoms with Crippen LogP contribution in [-0.4, -0.2) is 22.2 Å². The molecule has 0 saturated heterocycles. The Morgan fingerprint density at radius 1 is 1.22 bits per heavy atom. The maximum absolute atomic E-state index is 12.1. The van der Waals surface area contributed by atoms with Crippen LogP contribution >= 0.6 is 0 Å². The molecular formula is C18H19N3O2. The van der Waals surface area contributed by atoms with Gasteiger partial charge in [-0.25, -0.2) is 0 Å². The van der Waals surface area contributed by atoms with Gasteiger partial charge in [-0.1, -0.05) is 30.3 Å². The minimum Gasteiger partial charge on any atom is -0.466 e. The third kappa shape index (κ3) is 3.51. The fourth-order valence-electron chi connectivity index (χ4n) is 2.50. The Balaban J connectivity index is 1.56. The van der Waals surface area contributed by atoms with Gasteiger partial charge in [0.25, 0.3) is 5.91 Å². The summed E-state index contributed by atoms with van der Waals surface area (Å²) in [5.74, 6) is 1.27. The second kappa shape index (κ2) is 6.52. The molecule has 23 heavy (non-hydrogen) atoms. The van der Waals surface area contributed by atoms with Gasteiger partial charge in [0.2, 0.25) is 0 Å². The Morgan fingerprint density at radius 3 is 2.70 bits per heavy atom. The van der Waals surface area contributed by atoms with Crippen molar-refractivity contribution >= 4 is 5.91 Å². The fourth-order valence-corrected chi connectivity index (χ4v) is 2.50. The molecule has 0 aliphatic rings. The molecule has 0 fully saturated rings. The maximum atomic E-state index is 12.1. The van der Waals surface area contributed by atoms with Gasteiger partial charge in [-0.3, -0.25) is 9.48 Å². The largest absolute Gasteiger partial charge is 0.466 e. The van der Waals surface area contributed by atoms with Crippen molar-refractivity contribution in [1.82, 2.24) is 15.1 Å². The highest BCUT2D eigenvalue weighted by Crippen LogP contribution is 2.17. The normalized spacial score (nSPS) is 10.7. The van der Waals surface area contributed by atoms with E-state index in [2.05, 4.69) is 10.4 Å². The van der Waals surface area contributed by atoms with Crippen molar-refractivity contribution in [1.29, 1.82) is 0 Å². The van der Waals surface area contributed by atoms with E-state index in [1.54, 1.807) is 13.0 Å². The van der Waals surface area contributed by atoms with Crippen LogP contribution in [-0.2, 0) is 6.54 Å². The van der Waals surface area contributed by atoms with Gasteiger partial charge in [-0.15, -0.1) is 0 Å². The average Bonchev–Trinajstić information content (AvgIpc) is 3.14. The van der Waals surface area contributed by atoms with Crippen LogP contribution < -0.4 is 5.32 Å². The number of aromatic nitrogens is 2. The Labute approximate surface area is 134 Å². The van der Waals surface area contributed by atoms with Gasteiger partial charge in [0, 0.05) is 18.3 Å². The van der Waals surface area contributed by atoms with Gasteiger partial charge >= 0.3 is 0 Å². The van der Waals surface area contributed by atoms with Gasteiger partial charge in [0.05, 0.1) is 18.3 Å². The summed E-state index contributed by atoms with van der Waals surface area (Å²) < 4.78 is 7.20. The highest BCUT2D eigenvalue weighted by molar-refractivity contribution is 5.95. The van der Waals surface area contributed by atoms with Crippen molar-refractivity contribution in [3.63, 3.8) is 0 Å². The van der Waals surface area contributed by atoms with E-state index < -0.39 is 0 Å². The maximum Gasteiger partial charge on any atom is 0.254 e. The number of nitrogens with zero attached hydrogens (tertiary/aromatic N) is 2. The quantitative estimate of drug-likeness (QED) is 0.787. The number of carbonyl (C=O) groups is 1. The molecule has 1 amide bonds. The molecule has 0 atom stereocenters. The lowest BCUT2D eigenvalue weighted by Crippen LogP contribution is -2.27. The first-order valence-electron chi connectivity index (χ1n) is 7.56. The number of hydrogen-bond acceptors (Lipinski definition) is 3. The van der Waals surface area contributed by atoms with Crippen molar-refractivity contribution in [3.8, 4) is 11.1 Å². The zero-order chi connectivity index (χ0) is 16.2. The number of benzene rings is 1. The van der Waals surface area contributed by atoms with Crippen molar-refractivity contribution in [2.45, 2.75) is 20.4 Å². The molecule has 0 aliphatic heterocycles. The molecule has 2 aromatic heterocycles. The summed E-state index contributed by atoms with van der Waals surface area (Å²) in [5, 5.41) is 7.22. The minimum absolute atomic E-state index is 0.116. The Bertz CT molecular complexity index is 803. The summed E-state index contributed by atoms with van der Waals surface area (Å²) in [4.78, 5) is 12.1. The molecule has 0 unspecified atom stereocenters. The van der Waals surface area contributed by atoms with E-state index in [1.807, 2.05) is 54.3 Å². The number of carbonyl (C=O) groups excluding carboxylic acids is 1. The van der Waals surface area contributed by atoms with Crippen LogP contribution in [0.3, 0.4) is 0 Å². The van der Waals surface area contributed by atoms with E-state index in [1.165, 1.54) is 0 Å². The van der Waals surface area contributed by atoms with Crippen LogP contribution in [0.25, 0.3) is 11.1 Å². The number of rotatable bonds is 5. The van der Waals surface area contributed by atoms with Crippen LogP contribution in [0.1, 0.15) is 21.9 Å². The highest BCUT2D eigenvalue weighted by atomic mass is 16.3. The fraction of sp³-hybridized carbons (Fsp3) is 0.222. The van der Waals surface area contributed by atoms with E-state index in [0.717, 1.165) is 16.9 Å². The molecule has 5 nitrogen and oxygen atoms in total. The molecule has 1 N–H and O–H groups in total. The second-order valence-electron chi connectivity index (χ2n) is 5.44. The first-order chi connectivity index (χ1) is 11.1. The highest BCUT2D eigenvalue weighted by Gasteiger charge is 2.12. The van der Waals surface area contributed by atoms with Crippen LogP contribution in [0, 0.1) is 13.8 Å². The van der Waals surface area contributed by atoms with E-state index in [-0.39, 0.29) is 5.91 Å². The average molecular weight is 309 g/mol. The summed E-state index contributed by atoms with van der Waals surface area (Å²) in [5.41, 5.74) is 2.79. The van der Waals surface area contributed by atoms with Gasteiger partial charge in [0.15, 0.2) is 0 Å². The molecule has 5 heteroatoms. The number of nitrogens with one attached hydrogen (secondary N) is 1. The second-order valence-corrected chi connectivity index (χ2v) is 5.44. The number of furan rings is 1. The first kappa shape index (κ1) is 15.1. The van der Waals surface area contributed by atoms with Gasteiger partial charge in [0.1, 0.15) is 11.5 Å². The minimum atomic E-state index is -0.116. The van der Waals surface area contributed by atoms with E-state index in [4.69, 9.17) is 4.42 Å². The number of hydrogen-bond donors (Lipinski definition) is 1. The molecule has 118 valence electrons. The predicted molar refractivity (Wildman–Crippen MR) is 88.2 cm³/mol. The van der Waals surface area contributed by atoms with Crippen molar-refractivity contribution < 1.29 is 9.21 Å². The lowest BCUT2D eigenvalue weighted by atomic mass is 10.1. The summed E-state index contributed by atoms with van der Waals surface area (Å²) in [6.07, 6.45) is 3.81. The Hall–Kier alpha value is -2.82. The standard InChI is InChI=1S/C18H19N3O2/c1-13-10-17(14(2)23-13)18(22)19-8-9-21-12-16(11-20-21)15-6-4-3-5-7-15/h3-7,10-12H,8-9H2,1-2H3,(H,19,22). The molecule has 3 aromatic rings. The summed E-state index contributed by atoms with van der Waals surface area (Å²) in [6, 6.07) is 11.8. The van der Waals surface area contributed by atoms with Crippen LogP contribution in [0.5, 0.6) is 0 Å². The Kier molecular flexibility index (Phi) is 4.28. The molecule has 1 aromatic carbocycles. The molecule has 0 saturated carbocycles. The monoisotopic (exact) mass is 309 g/mol. The molecule has 3 rings (SSSR count). The van der Waals surface area contributed by atoms with Crippen LogP contribution in [0.4, 0.5) is 0 Å². The van der Waals surface area contributed by atoms with Crippen LogP contribution in [0.15, 0.2) is 53.2 Å². The van der Waals surface area contributed by atoms with Gasteiger partial charge in [-0.05, 0) is 25.5 Å². The number of amides is 1.